The Kier molecular flexibility index (Phi) is 4.87. The Morgan fingerprint density at radius 3 is 2.44 bits per heavy atom. The van der Waals surface area contributed by atoms with Crippen molar-refractivity contribution >= 4 is 0 Å². The maximum Gasteiger partial charge on any atom is 0.0660 e. The Hall–Kier alpha value is -0.480. The van der Waals surface area contributed by atoms with E-state index < -0.39 is 0 Å². The van der Waals surface area contributed by atoms with Gasteiger partial charge in [-0.3, -0.25) is 0 Å². The summed E-state index contributed by atoms with van der Waals surface area (Å²) in [6.45, 7) is 9.19. The van der Waals surface area contributed by atoms with Crippen LogP contribution in [-0.2, 0) is 0 Å². The largest absolute Gasteiger partial charge is 0.301 e. The monoisotopic (exact) mass is 221 g/mol. The van der Waals surface area contributed by atoms with Crippen LogP contribution in [0.25, 0.3) is 0 Å². The van der Waals surface area contributed by atoms with Crippen LogP contribution in [0.2, 0.25) is 0 Å². The number of rotatable bonds is 2. The molecule has 1 N–H and O–H groups in total. The quantitative estimate of drug-likeness (QED) is 0.555. The molecule has 3 atom stereocenters. The molecule has 1 heteroatoms. The van der Waals surface area contributed by atoms with Crippen LogP contribution in [-0.4, -0.2) is 12.1 Å². The second-order valence-corrected chi connectivity index (χ2v) is 6.32. The minimum absolute atomic E-state index is 0.219. The van der Waals surface area contributed by atoms with Crippen LogP contribution in [0.1, 0.15) is 59.8 Å². The molecule has 0 aromatic carbocycles. The average molecular weight is 221 g/mol. The summed E-state index contributed by atoms with van der Waals surface area (Å²) in [6.07, 6.45) is 12.1. The van der Waals surface area contributed by atoms with Gasteiger partial charge in [-0.2, -0.15) is 0 Å². The fraction of sp³-hybridized carbons (Fsp3) is 0.867. The zero-order chi connectivity index (χ0) is 12.2. The molecule has 0 saturated heterocycles. The molecule has 1 aliphatic carbocycles. The van der Waals surface area contributed by atoms with Gasteiger partial charge in [0.2, 0.25) is 0 Å². The van der Waals surface area contributed by atoms with E-state index in [2.05, 4.69) is 38.9 Å². The van der Waals surface area contributed by atoms with Gasteiger partial charge in [-0.25, -0.2) is 0 Å². The van der Waals surface area contributed by atoms with Crippen molar-refractivity contribution in [2.75, 3.05) is 0 Å². The van der Waals surface area contributed by atoms with Gasteiger partial charge in [0.25, 0.3) is 0 Å². The van der Waals surface area contributed by atoms with E-state index in [0.29, 0.717) is 11.5 Å². The molecule has 0 aliphatic heterocycles. The molecule has 0 heterocycles. The van der Waals surface area contributed by atoms with Crippen molar-refractivity contribution in [3.8, 4) is 12.3 Å². The standard InChI is InChI=1S/C15H27N/c1-6-12(2)16-14-9-7-8-13(10-11-14)15(3,4)5/h1,12-14,16H,7-11H2,2-5H3. The van der Waals surface area contributed by atoms with Gasteiger partial charge < -0.3 is 5.32 Å². The Morgan fingerprint density at radius 1 is 1.19 bits per heavy atom. The molecule has 0 aromatic rings. The molecule has 1 saturated carbocycles. The number of terminal acetylenes is 1. The summed E-state index contributed by atoms with van der Waals surface area (Å²) in [5.41, 5.74) is 0.465. The lowest BCUT2D eigenvalue weighted by molar-refractivity contribution is 0.213. The van der Waals surface area contributed by atoms with E-state index in [0.717, 1.165) is 5.92 Å². The van der Waals surface area contributed by atoms with Crippen molar-refractivity contribution in [1.82, 2.24) is 5.32 Å². The Balaban J connectivity index is 2.44. The first-order chi connectivity index (χ1) is 7.43. The fourth-order valence-corrected chi connectivity index (χ4v) is 2.74. The lowest BCUT2D eigenvalue weighted by Crippen LogP contribution is -2.35. The molecule has 0 aromatic heterocycles. The minimum Gasteiger partial charge on any atom is -0.301 e. The summed E-state index contributed by atoms with van der Waals surface area (Å²) < 4.78 is 0. The third-order valence-electron chi connectivity index (χ3n) is 3.93. The molecule has 92 valence electrons. The van der Waals surface area contributed by atoms with Crippen LogP contribution in [0.15, 0.2) is 0 Å². The summed E-state index contributed by atoms with van der Waals surface area (Å²) in [7, 11) is 0. The maximum absolute atomic E-state index is 5.41. The van der Waals surface area contributed by atoms with Crippen molar-refractivity contribution < 1.29 is 0 Å². The highest BCUT2D eigenvalue weighted by atomic mass is 14.9. The predicted molar refractivity (Wildman–Crippen MR) is 71.2 cm³/mol. The van der Waals surface area contributed by atoms with Gasteiger partial charge in [0.1, 0.15) is 0 Å². The smallest absolute Gasteiger partial charge is 0.0660 e. The van der Waals surface area contributed by atoms with E-state index in [4.69, 9.17) is 6.42 Å². The van der Waals surface area contributed by atoms with Crippen molar-refractivity contribution in [1.29, 1.82) is 0 Å². The summed E-state index contributed by atoms with van der Waals surface area (Å²) in [4.78, 5) is 0. The molecular weight excluding hydrogens is 194 g/mol. The molecule has 16 heavy (non-hydrogen) atoms. The molecule has 3 unspecified atom stereocenters. The van der Waals surface area contributed by atoms with Crippen LogP contribution < -0.4 is 5.32 Å². The molecule has 1 nitrogen and oxygen atoms in total. The topological polar surface area (TPSA) is 12.0 Å². The zero-order valence-electron chi connectivity index (χ0n) is 11.3. The SMILES string of the molecule is C#CC(C)NC1CCCC(C(C)(C)C)CC1. The van der Waals surface area contributed by atoms with Crippen molar-refractivity contribution in [2.45, 2.75) is 71.9 Å². The highest BCUT2D eigenvalue weighted by molar-refractivity contribution is 4.97. The second-order valence-electron chi connectivity index (χ2n) is 6.32. The van der Waals surface area contributed by atoms with Crippen molar-refractivity contribution in [3.63, 3.8) is 0 Å². The molecule has 0 spiro atoms. The first-order valence-electron chi connectivity index (χ1n) is 6.65. The number of nitrogens with one attached hydrogen (secondary N) is 1. The Labute approximate surface area is 101 Å². The predicted octanol–water partition coefficient (Wildman–Crippen LogP) is 3.59. The number of hydrogen-bond acceptors (Lipinski definition) is 1. The van der Waals surface area contributed by atoms with Crippen LogP contribution in [0, 0.1) is 23.7 Å². The zero-order valence-corrected chi connectivity index (χ0v) is 11.3. The summed E-state index contributed by atoms with van der Waals surface area (Å²) in [6, 6.07) is 0.856. The van der Waals surface area contributed by atoms with Crippen molar-refractivity contribution in [2.24, 2.45) is 11.3 Å². The van der Waals surface area contributed by atoms with Crippen LogP contribution in [0.3, 0.4) is 0 Å². The van der Waals surface area contributed by atoms with Crippen LogP contribution >= 0.6 is 0 Å². The minimum atomic E-state index is 0.219. The first kappa shape index (κ1) is 13.6. The lowest BCUT2D eigenvalue weighted by atomic mass is 9.76. The molecule has 0 amide bonds. The summed E-state index contributed by atoms with van der Waals surface area (Å²) >= 11 is 0. The van der Waals surface area contributed by atoms with E-state index in [-0.39, 0.29) is 6.04 Å². The molecule has 0 radical (unpaired) electrons. The van der Waals surface area contributed by atoms with Gasteiger partial charge in [0, 0.05) is 6.04 Å². The highest BCUT2D eigenvalue weighted by Crippen LogP contribution is 2.36. The van der Waals surface area contributed by atoms with Crippen molar-refractivity contribution in [3.05, 3.63) is 0 Å². The van der Waals surface area contributed by atoms with Gasteiger partial charge in [0.15, 0.2) is 0 Å². The van der Waals surface area contributed by atoms with Gasteiger partial charge in [0.05, 0.1) is 6.04 Å². The van der Waals surface area contributed by atoms with E-state index >= 15 is 0 Å². The second kappa shape index (κ2) is 5.73. The van der Waals surface area contributed by atoms with E-state index in [9.17, 15) is 0 Å². The highest BCUT2D eigenvalue weighted by Gasteiger charge is 2.27. The van der Waals surface area contributed by atoms with E-state index in [1.807, 2.05) is 0 Å². The average Bonchev–Trinajstić information content (AvgIpc) is 2.42. The molecule has 1 rings (SSSR count). The van der Waals surface area contributed by atoms with Gasteiger partial charge in [-0.15, -0.1) is 6.42 Å². The number of hydrogen-bond donors (Lipinski definition) is 1. The van der Waals surface area contributed by atoms with E-state index in [1.165, 1.54) is 32.1 Å². The molecular formula is C15H27N. The Bertz CT molecular complexity index is 243. The van der Waals surface area contributed by atoms with Gasteiger partial charge in [-0.1, -0.05) is 33.1 Å². The van der Waals surface area contributed by atoms with Crippen LogP contribution in [0.4, 0.5) is 0 Å². The Morgan fingerprint density at radius 2 is 1.88 bits per heavy atom. The van der Waals surface area contributed by atoms with Gasteiger partial charge >= 0.3 is 0 Å². The van der Waals surface area contributed by atoms with Gasteiger partial charge in [-0.05, 0) is 43.9 Å². The first-order valence-corrected chi connectivity index (χ1v) is 6.65. The molecule has 1 fully saturated rings. The maximum atomic E-state index is 5.41. The van der Waals surface area contributed by atoms with Crippen LogP contribution in [0.5, 0.6) is 0 Å². The fourth-order valence-electron chi connectivity index (χ4n) is 2.74. The summed E-state index contributed by atoms with van der Waals surface area (Å²) in [5, 5.41) is 3.54. The molecule has 0 bridgehead atoms. The summed E-state index contributed by atoms with van der Waals surface area (Å²) in [5.74, 6) is 3.64. The molecule has 1 aliphatic rings. The third-order valence-corrected chi connectivity index (χ3v) is 3.93. The third kappa shape index (κ3) is 4.18. The lowest BCUT2D eigenvalue weighted by Gasteiger charge is -2.29. The normalized spacial score (nSPS) is 29.2. The van der Waals surface area contributed by atoms with E-state index in [1.54, 1.807) is 0 Å².